The van der Waals surface area contributed by atoms with Crippen molar-refractivity contribution in [3.8, 4) is 0 Å². The molecule has 1 saturated carbocycles. The van der Waals surface area contributed by atoms with Gasteiger partial charge >= 0.3 is 0 Å². The molecule has 4 heteroatoms. The third-order valence-corrected chi connectivity index (χ3v) is 2.25. The van der Waals surface area contributed by atoms with E-state index in [9.17, 15) is 5.11 Å². The van der Waals surface area contributed by atoms with Crippen LogP contribution in [0.2, 0.25) is 0 Å². The Morgan fingerprint density at radius 1 is 1.43 bits per heavy atom. The van der Waals surface area contributed by atoms with E-state index in [0.717, 1.165) is 19.3 Å². The van der Waals surface area contributed by atoms with Crippen LogP contribution >= 0.6 is 0 Å². The molecular weight excluding hydrogens is 178 g/mol. The second-order valence-electron chi connectivity index (χ2n) is 4.95. The van der Waals surface area contributed by atoms with Gasteiger partial charge in [-0.25, -0.2) is 4.99 Å². The van der Waals surface area contributed by atoms with Crippen molar-refractivity contribution in [3.05, 3.63) is 0 Å². The lowest BCUT2D eigenvalue weighted by molar-refractivity contribution is 0.165. The molecule has 2 atom stereocenters. The number of hydrogen-bond acceptors (Lipinski definition) is 2. The van der Waals surface area contributed by atoms with E-state index in [1.54, 1.807) is 0 Å². The highest BCUT2D eigenvalue weighted by molar-refractivity contribution is 5.78. The van der Waals surface area contributed by atoms with Crippen LogP contribution in [0.5, 0.6) is 0 Å². The number of rotatable bonds is 1. The third kappa shape index (κ3) is 3.54. The Labute approximate surface area is 85.6 Å². The van der Waals surface area contributed by atoms with Crippen LogP contribution in [0.15, 0.2) is 4.99 Å². The largest absolute Gasteiger partial charge is 0.391 e. The maximum atomic E-state index is 9.55. The summed E-state index contributed by atoms with van der Waals surface area (Å²) in [4.78, 5) is 4.28. The van der Waals surface area contributed by atoms with Crippen molar-refractivity contribution in [2.75, 3.05) is 0 Å². The van der Waals surface area contributed by atoms with Crippen LogP contribution in [0.25, 0.3) is 0 Å². The summed E-state index contributed by atoms with van der Waals surface area (Å²) in [6.07, 6.45) is 2.51. The zero-order valence-corrected chi connectivity index (χ0v) is 9.25. The van der Waals surface area contributed by atoms with E-state index in [2.05, 4.69) is 10.3 Å². The van der Waals surface area contributed by atoms with Crippen LogP contribution in [-0.2, 0) is 0 Å². The highest BCUT2D eigenvalue weighted by Crippen LogP contribution is 2.21. The molecule has 0 aromatic carbocycles. The van der Waals surface area contributed by atoms with E-state index < -0.39 is 0 Å². The second kappa shape index (κ2) is 4.17. The fourth-order valence-electron chi connectivity index (χ4n) is 1.67. The van der Waals surface area contributed by atoms with Crippen LogP contribution in [0.1, 0.15) is 40.0 Å². The van der Waals surface area contributed by atoms with Crippen molar-refractivity contribution < 1.29 is 5.11 Å². The van der Waals surface area contributed by atoms with Gasteiger partial charge in [0.2, 0.25) is 0 Å². The van der Waals surface area contributed by atoms with E-state index in [0.29, 0.717) is 5.96 Å². The average molecular weight is 199 g/mol. The van der Waals surface area contributed by atoms with Gasteiger partial charge in [0.15, 0.2) is 5.96 Å². The van der Waals surface area contributed by atoms with Crippen molar-refractivity contribution >= 4 is 5.96 Å². The van der Waals surface area contributed by atoms with Gasteiger partial charge in [-0.1, -0.05) is 0 Å². The van der Waals surface area contributed by atoms with Gasteiger partial charge in [-0.05, 0) is 40.0 Å². The molecule has 4 N–H and O–H groups in total. The lowest BCUT2D eigenvalue weighted by atomic mass is 10.1. The van der Waals surface area contributed by atoms with Crippen molar-refractivity contribution in [1.29, 1.82) is 0 Å². The first kappa shape index (κ1) is 11.3. The van der Waals surface area contributed by atoms with E-state index in [1.165, 1.54) is 0 Å². The minimum Gasteiger partial charge on any atom is -0.391 e. The van der Waals surface area contributed by atoms with Crippen molar-refractivity contribution in [1.82, 2.24) is 5.32 Å². The molecule has 0 amide bonds. The summed E-state index contributed by atoms with van der Waals surface area (Å²) >= 11 is 0. The molecule has 14 heavy (non-hydrogen) atoms. The van der Waals surface area contributed by atoms with Crippen LogP contribution in [-0.4, -0.2) is 28.8 Å². The first-order chi connectivity index (χ1) is 6.38. The molecule has 0 aromatic rings. The molecule has 0 aromatic heterocycles. The quantitative estimate of drug-likeness (QED) is 0.428. The summed E-state index contributed by atoms with van der Waals surface area (Å²) in [5, 5.41) is 12.6. The number of nitrogens with one attached hydrogen (secondary N) is 1. The number of aliphatic hydroxyl groups is 1. The Hall–Kier alpha value is -0.770. The van der Waals surface area contributed by atoms with E-state index >= 15 is 0 Å². The molecule has 1 rings (SSSR count). The summed E-state index contributed by atoms with van der Waals surface area (Å²) in [5.41, 5.74) is 5.66. The Morgan fingerprint density at radius 3 is 2.50 bits per heavy atom. The molecular formula is C10H21N3O. The highest BCUT2D eigenvalue weighted by Gasteiger charge is 2.25. The van der Waals surface area contributed by atoms with Gasteiger partial charge in [0, 0.05) is 5.54 Å². The summed E-state index contributed by atoms with van der Waals surface area (Å²) in [6, 6.07) is -0.00940. The van der Waals surface area contributed by atoms with Gasteiger partial charge in [-0.2, -0.15) is 0 Å². The Balaban J connectivity index is 2.50. The molecule has 1 aliphatic carbocycles. The van der Waals surface area contributed by atoms with Gasteiger partial charge < -0.3 is 16.2 Å². The Morgan fingerprint density at radius 2 is 2.07 bits per heavy atom. The fourth-order valence-corrected chi connectivity index (χ4v) is 1.67. The highest BCUT2D eigenvalue weighted by atomic mass is 16.3. The lowest BCUT2D eigenvalue weighted by Gasteiger charge is -2.22. The van der Waals surface area contributed by atoms with Gasteiger partial charge in [0.1, 0.15) is 0 Å². The van der Waals surface area contributed by atoms with E-state index in [1.807, 2.05) is 20.8 Å². The topological polar surface area (TPSA) is 70.6 Å². The minimum absolute atomic E-state index is 0.00940. The molecule has 1 aliphatic rings. The monoisotopic (exact) mass is 199 g/mol. The van der Waals surface area contributed by atoms with Crippen molar-refractivity contribution in [3.63, 3.8) is 0 Å². The summed E-state index contributed by atoms with van der Waals surface area (Å²) in [5.74, 6) is 0.434. The molecule has 2 unspecified atom stereocenters. The molecule has 4 nitrogen and oxygen atoms in total. The van der Waals surface area contributed by atoms with E-state index in [-0.39, 0.29) is 17.7 Å². The maximum Gasteiger partial charge on any atom is 0.189 e. The first-order valence-corrected chi connectivity index (χ1v) is 5.18. The van der Waals surface area contributed by atoms with Crippen LogP contribution in [0.4, 0.5) is 0 Å². The van der Waals surface area contributed by atoms with Gasteiger partial charge in [0.05, 0.1) is 12.1 Å². The molecule has 0 radical (unpaired) electrons. The zero-order valence-electron chi connectivity index (χ0n) is 9.25. The number of guanidine groups is 1. The van der Waals surface area contributed by atoms with Gasteiger partial charge in [0.25, 0.3) is 0 Å². The third-order valence-electron chi connectivity index (χ3n) is 2.25. The molecule has 0 spiro atoms. The Bertz CT molecular complexity index is 220. The predicted molar refractivity (Wildman–Crippen MR) is 58.2 cm³/mol. The fraction of sp³-hybridized carbons (Fsp3) is 0.900. The number of aliphatic imine (C=N–C) groups is 1. The van der Waals surface area contributed by atoms with Gasteiger partial charge in [-0.15, -0.1) is 0 Å². The van der Waals surface area contributed by atoms with E-state index in [4.69, 9.17) is 5.73 Å². The van der Waals surface area contributed by atoms with Crippen LogP contribution in [0.3, 0.4) is 0 Å². The number of hydrogen-bond donors (Lipinski definition) is 3. The lowest BCUT2D eigenvalue weighted by Crippen LogP contribution is -2.45. The Kier molecular flexibility index (Phi) is 3.37. The molecule has 1 fully saturated rings. The molecule has 0 bridgehead atoms. The summed E-state index contributed by atoms with van der Waals surface area (Å²) in [6.45, 7) is 6.08. The number of aliphatic hydroxyl groups excluding tert-OH is 1. The first-order valence-electron chi connectivity index (χ1n) is 5.18. The molecule has 0 heterocycles. The number of nitrogens with two attached hydrogens (primary N) is 1. The van der Waals surface area contributed by atoms with Crippen LogP contribution in [0, 0.1) is 0 Å². The molecule has 82 valence electrons. The minimum atomic E-state index is -0.310. The van der Waals surface area contributed by atoms with Crippen molar-refractivity contribution in [2.24, 2.45) is 10.7 Å². The standard InChI is InChI=1S/C10H21N3O/c1-10(2,3)13-9(11)12-7-5-4-6-8(7)14/h7-8,14H,4-6H2,1-3H3,(H3,11,12,13). The van der Waals surface area contributed by atoms with Crippen molar-refractivity contribution in [2.45, 2.75) is 57.7 Å². The number of nitrogens with zero attached hydrogens (tertiary/aromatic N) is 1. The normalized spacial score (nSPS) is 29.3. The predicted octanol–water partition coefficient (Wildman–Crippen LogP) is 0.603. The summed E-state index contributed by atoms with van der Waals surface area (Å²) in [7, 11) is 0. The zero-order chi connectivity index (χ0) is 10.8. The maximum absolute atomic E-state index is 9.55. The summed E-state index contributed by atoms with van der Waals surface area (Å²) < 4.78 is 0. The average Bonchev–Trinajstić information content (AvgIpc) is 2.32. The van der Waals surface area contributed by atoms with Crippen LogP contribution < -0.4 is 11.1 Å². The second-order valence-corrected chi connectivity index (χ2v) is 4.95. The molecule has 0 saturated heterocycles. The molecule has 0 aliphatic heterocycles. The SMILES string of the molecule is CC(C)(C)NC(N)=NC1CCCC1O. The van der Waals surface area contributed by atoms with Gasteiger partial charge in [-0.3, -0.25) is 0 Å². The smallest absolute Gasteiger partial charge is 0.189 e.